The summed E-state index contributed by atoms with van der Waals surface area (Å²) in [5.41, 5.74) is 0.985. The van der Waals surface area contributed by atoms with Crippen LogP contribution in [-0.4, -0.2) is 34.0 Å². The van der Waals surface area contributed by atoms with Gasteiger partial charge in [-0.05, 0) is 69.4 Å². The summed E-state index contributed by atoms with van der Waals surface area (Å²) in [7, 11) is 0. The van der Waals surface area contributed by atoms with E-state index in [2.05, 4.69) is 5.16 Å². The highest BCUT2D eigenvalue weighted by Gasteiger charge is 2.46. The smallest absolute Gasteiger partial charge is 0.257 e. The van der Waals surface area contributed by atoms with Gasteiger partial charge in [-0.25, -0.2) is 4.39 Å². The number of piperidine rings is 1. The van der Waals surface area contributed by atoms with Gasteiger partial charge in [0.2, 0.25) is 0 Å². The first-order chi connectivity index (χ1) is 14.9. The molecule has 1 aromatic carbocycles. The van der Waals surface area contributed by atoms with E-state index in [1.807, 2.05) is 24.8 Å². The number of amides is 1. The molecule has 3 aromatic rings. The van der Waals surface area contributed by atoms with Gasteiger partial charge in [0.25, 0.3) is 11.8 Å². The normalized spacial score (nSPS) is 21.5. The number of nitrogens with zero attached hydrogens (tertiary/aromatic N) is 3. The SMILES string of the molecule is Cc1cc(C(=O)N2CCCC(CC3CC3)(c3noc(-c4ccc(F)cc4)n3)C2)c(C)o1. The third-order valence-corrected chi connectivity index (χ3v) is 6.50. The van der Waals surface area contributed by atoms with Crippen molar-refractivity contribution in [1.82, 2.24) is 15.0 Å². The molecule has 5 rings (SSSR count). The van der Waals surface area contributed by atoms with Gasteiger partial charge >= 0.3 is 0 Å². The molecule has 1 aliphatic heterocycles. The minimum absolute atomic E-state index is 0.00326. The van der Waals surface area contributed by atoms with E-state index in [9.17, 15) is 9.18 Å². The van der Waals surface area contributed by atoms with E-state index in [1.54, 1.807) is 12.1 Å². The molecule has 1 amide bonds. The molecule has 0 spiro atoms. The standard InChI is InChI=1S/C24H26FN3O3/c1-15-12-20(16(2)30-15)22(29)28-11-3-10-24(14-28,13-17-4-5-17)23-26-21(31-27-23)18-6-8-19(25)9-7-18/h6-9,12,17H,3-5,10-11,13-14H2,1-2H3. The van der Waals surface area contributed by atoms with Crippen molar-refractivity contribution in [3.05, 3.63) is 59.1 Å². The Morgan fingerprint density at radius 1 is 1.26 bits per heavy atom. The Hall–Kier alpha value is -2.96. The Morgan fingerprint density at radius 3 is 2.71 bits per heavy atom. The number of furan rings is 1. The number of benzene rings is 1. The van der Waals surface area contributed by atoms with E-state index in [1.165, 1.54) is 25.0 Å². The Labute approximate surface area is 180 Å². The first-order valence-corrected chi connectivity index (χ1v) is 10.9. The van der Waals surface area contributed by atoms with Gasteiger partial charge in [0.15, 0.2) is 5.82 Å². The molecule has 1 atom stereocenters. The molecular weight excluding hydrogens is 397 g/mol. The second-order valence-corrected chi connectivity index (χ2v) is 9.02. The van der Waals surface area contributed by atoms with E-state index < -0.39 is 0 Å². The molecule has 1 saturated heterocycles. The lowest BCUT2D eigenvalue weighted by molar-refractivity contribution is 0.0605. The number of hydrogen-bond donors (Lipinski definition) is 0. The van der Waals surface area contributed by atoms with Crippen LogP contribution in [0.5, 0.6) is 0 Å². The van der Waals surface area contributed by atoms with Crippen molar-refractivity contribution in [2.75, 3.05) is 13.1 Å². The monoisotopic (exact) mass is 423 g/mol. The summed E-state index contributed by atoms with van der Waals surface area (Å²) >= 11 is 0. The summed E-state index contributed by atoms with van der Waals surface area (Å²) < 4.78 is 24.4. The van der Waals surface area contributed by atoms with E-state index >= 15 is 0 Å². The van der Waals surface area contributed by atoms with Crippen LogP contribution in [0.3, 0.4) is 0 Å². The Morgan fingerprint density at radius 2 is 2.03 bits per heavy atom. The fourth-order valence-corrected chi connectivity index (χ4v) is 4.78. The van der Waals surface area contributed by atoms with Crippen molar-refractivity contribution in [2.24, 2.45) is 5.92 Å². The van der Waals surface area contributed by atoms with Crippen molar-refractivity contribution in [1.29, 1.82) is 0 Å². The molecule has 31 heavy (non-hydrogen) atoms. The molecule has 2 fully saturated rings. The van der Waals surface area contributed by atoms with Crippen molar-refractivity contribution < 1.29 is 18.1 Å². The molecule has 2 aliphatic rings. The Kier molecular flexibility index (Phi) is 4.91. The predicted octanol–water partition coefficient (Wildman–Crippen LogP) is 5.06. The maximum Gasteiger partial charge on any atom is 0.257 e. The number of hydrogen-bond acceptors (Lipinski definition) is 5. The van der Waals surface area contributed by atoms with Crippen molar-refractivity contribution in [3.63, 3.8) is 0 Å². The second kappa shape index (κ2) is 7.62. The maximum absolute atomic E-state index is 13.3. The molecule has 7 heteroatoms. The molecule has 1 unspecified atom stereocenters. The van der Waals surface area contributed by atoms with Gasteiger partial charge in [0.05, 0.1) is 11.0 Å². The van der Waals surface area contributed by atoms with Crippen LogP contribution in [0.1, 0.15) is 59.8 Å². The van der Waals surface area contributed by atoms with Crippen LogP contribution in [0.2, 0.25) is 0 Å². The minimum Gasteiger partial charge on any atom is -0.466 e. The molecular formula is C24H26FN3O3. The summed E-state index contributed by atoms with van der Waals surface area (Å²) in [6.07, 6.45) is 5.16. The van der Waals surface area contributed by atoms with Crippen molar-refractivity contribution >= 4 is 5.91 Å². The van der Waals surface area contributed by atoms with Crippen LogP contribution >= 0.6 is 0 Å². The highest BCUT2D eigenvalue weighted by atomic mass is 19.1. The number of likely N-dealkylation sites (tertiary alicyclic amines) is 1. The summed E-state index contributed by atoms with van der Waals surface area (Å²) in [6, 6.07) is 7.86. The van der Waals surface area contributed by atoms with Gasteiger partial charge in [-0.2, -0.15) is 4.98 Å². The zero-order chi connectivity index (χ0) is 21.6. The van der Waals surface area contributed by atoms with Crippen molar-refractivity contribution in [2.45, 2.75) is 51.4 Å². The summed E-state index contributed by atoms with van der Waals surface area (Å²) in [5, 5.41) is 4.34. The van der Waals surface area contributed by atoms with Gasteiger partial charge in [-0.3, -0.25) is 4.79 Å². The zero-order valence-corrected chi connectivity index (χ0v) is 17.9. The molecule has 162 valence electrons. The fourth-order valence-electron chi connectivity index (χ4n) is 4.78. The topological polar surface area (TPSA) is 72.4 Å². The van der Waals surface area contributed by atoms with Crippen LogP contribution in [0.25, 0.3) is 11.5 Å². The van der Waals surface area contributed by atoms with Gasteiger partial charge in [-0.15, -0.1) is 0 Å². The van der Waals surface area contributed by atoms with Gasteiger partial charge in [0, 0.05) is 18.7 Å². The number of aryl methyl sites for hydroxylation is 2. The maximum atomic E-state index is 13.3. The van der Waals surface area contributed by atoms with E-state index in [0.29, 0.717) is 47.6 Å². The number of aromatic nitrogens is 2. The Balaban J connectivity index is 1.45. The van der Waals surface area contributed by atoms with Gasteiger partial charge in [-0.1, -0.05) is 18.0 Å². The molecule has 0 N–H and O–H groups in total. The lowest BCUT2D eigenvalue weighted by Crippen LogP contribution is -2.49. The van der Waals surface area contributed by atoms with Gasteiger partial charge in [0.1, 0.15) is 17.3 Å². The molecule has 1 saturated carbocycles. The quantitative estimate of drug-likeness (QED) is 0.574. The number of halogens is 1. The first-order valence-electron chi connectivity index (χ1n) is 10.9. The van der Waals surface area contributed by atoms with E-state index in [0.717, 1.165) is 25.0 Å². The van der Waals surface area contributed by atoms with Crippen LogP contribution in [0, 0.1) is 25.6 Å². The molecule has 3 heterocycles. The Bertz CT molecular complexity index is 1100. The molecule has 0 radical (unpaired) electrons. The highest BCUT2D eigenvalue weighted by molar-refractivity contribution is 5.95. The summed E-state index contributed by atoms with van der Waals surface area (Å²) in [6.45, 7) is 4.95. The average molecular weight is 423 g/mol. The third-order valence-electron chi connectivity index (χ3n) is 6.50. The van der Waals surface area contributed by atoms with Crippen molar-refractivity contribution in [3.8, 4) is 11.5 Å². The largest absolute Gasteiger partial charge is 0.466 e. The predicted molar refractivity (Wildman–Crippen MR) is 112 cm³/mol. The lowest BCUT2D eigenvalue weighted by atomic mass is 9.74. The fraction of sp³-hybridized carbons (Fsp3) is 0.458. The van der Waals surface area contributed by atoms with E-state index in [4.69, 9.17) is 13.9 Å². The summed E-state index contributed by atoms with van der Waals surface area (Å²) in [4.78, 5) is 19.9. The number of rotatable bonds is 5. The van der Waals surface area contributed by atoms with Crippen LogP contribution in [0.15, 0.2) is 39.3 Å². The second-order valence-electron chi connectivity index (χ2n) is 9.02. The van der Waals surface area contributed by atoms with Crippen LogP contribution < -0.4 is 0 Å². The third kappa shape index (κ3) is 3.89. The number of carbonyl (C=O) groups is 1. The molecule has 1 aliphatic carbocycles. The average Bonchev–Trinajstić information content (AvgIpc) is 3.29. The molecule has 0 bridgehead atoms. The minimum atomic E-state index is -0.330. The first kappa shape index (κ1) is 20.0. The summed E-state index contributed by atoms with van der Waals surface area (Å²) in [5.74, 6) is 2.76. The van der Waals surface area contributed by atoms with Crippen LogP contribution in [0.4, 0.5) is 4.39 Å². The zero-order valence-electron chi connectivity index (χ0n) is 17.9. The van der Waals surface area contributed by atoms with Crippen LogP contribution in [-0.2, 0) is 5.41 Å². The number of carbonyl (C=O) groups excluding carboxylic acids is 1. The van der Waals surface area contributed by atoms with E-state index in [-0.39, 0.29) is 17.1 Å². The highest BCUT2D eigenvalue weighted by Crippen LogP contribution is 2.46. The van der Waals surface area contributed by atoms with Gasteiger partial charge < -0.3 is 13.8 Å². The molecule has 6 nitrogen and oxygen atoms in total. The lowest BCUT2D eigenvalue weighted by Gasteiger charge is -2.41. The molecule has 2 aromatic heterocycles.